The molecule has 0 aliphatic heterocycles. The standard InChI is InChI=1S/C18H19NO3/c1-12-6-4-8-15(10-12)18(21)22-14(3)17(20)19-16-9-5-7-13(2)11-16/h4-11,14H,1-3H3,(H,19,20)/t14-/m1/s1. The molecule has 0 saturated carbocycles. The number of carbonyl (C=O) groups is 2. The number of rotatable bonds is 4. The second kappa shape index (κ2) is 6.89. The first-order valence-corrected chi connectivity index (χ1v) is 7.11. The lowest BCUT2D eigenvalue weighted by Crippen LogP contribution is -2.30. The molecule has 2 aromatic carbocycles. The number of hydrogen-bond donors (Lipinski definition) is 1. The lowest BCUT2D eigenvalue weighted by molar-refractivity contribution is -0.123. The van der Waals surface area contributed by atoms with E-state index < -0.39 is 12.1 Å². The molecule has 1 amide bonds. The Bertz CT molecular complexity index is 694. The highest BCUT2D eigenvalue weighted by Gasteiger charge is 2.19. The molecular weight excluding hydrogens is 278 g/mol. The maximum absolute atomic E-state index is 12.1. The largest absolute Gasteiger partial charge is 0.449 e. The summed E-state index contributed by atoms with van der Waals surface area (Å²) in [5.41, 5.74) is 3.13. The number of amides is 1. The van der Waals surface area contributed by atoms with Gasteiger partial charge in [-0.3, -0.25) is 4.79 Å². The molecule has 0 fully saturated rings. The summed E-state index contributed by atoms with van der Waals surface area (Å²) in [7, 11) is 0. The van der Waals surface area contributed by atoms with Crippen molar-refractivity contribution in [2.24, 2.45) is 0 Å². The van der Waals surface area contributed by atoms with Gasteiger partial charge in [0.15, 0.2) is 6.10 Å². The molecule has 22 heavy (non-hydrogen) atoms. The van der Waals surface area contributed by atoms with Gasteiger partial charge in [-0.25, -0.2) is 4.79 Å². The van der Waals surface area contributed by atoms with Gasteiger partial charge in [0.25, 0.3) is 5.91 Å². The fraction of sp³-hybridized carbons (Fsp3) is 0.222. The summed E-state index contributed by atoms with van der Waals surface area (Å²) in [6.45, 7) is 5.39. The molecule has 1 N–H and O–H groups in total. The molecule has 4 heteroatoms. The van der Waals surface area contributed by atoms with E-state index in [4.69, 9.17) is 4.74 Å². The first-order valence-electron chi connectivity index (χ1n) is 7.11. The molecule has 2 aromatic rings. The SMILES string of the molecule is Cc1cccc(NC(=O)[C@@H](C)OC(=O)c2cccc(C)c2)c1. The number of esters is 1. The zero-order valence-corrected chi connectivity index (χ0v) is 12.9. The van der Waals surface area contributed by atoms with Crippen molar-refractivity contribution in [1.82, 2.24) is 0 Å². The normalized spacial score (nSPS) is 11.6. The summed E-state index contributed by atoms with van der Waals surface area (Å²) >= 11 is 0. The monoisotopic (exact) mass is 297 g/mol. The average Bonchev–Trinajstić information content (AvgIpc) is 2.47. The maximum atomic E-state index is 12.1. The lowest BCUT2D eigenvalue weighted by Gasteiger charge is -2.14. The number of carbonyl (C=O) groups excluding carboxylic acids is 2. The first kappa shape index (κ1) is 15.8. The molecule has 0 aromatic heterocycles. The van der Waals surface area contributed by atoms with Crippen LogP contribution in [0.4, 0.5) is 5.69 Å². The van der Waals surface area contributed by atoms with E-state index in [1.807, 2.05) is 38.1 Å². The van der Waals surface area contributed by atoms with E-state index in [0.717, 1.165) is 11.1 Å². The molecule has 0 heterocycles. The molecule has 0 bridgehead atoms. The van der Waals surface area contributed by atoms with Crippen molar-refractivity contribution >= 4 is 17.6 Å². The van der Waals surface area contributed by atoms with Crippen molar-refractivity contribution in [2.75, 3.05) is 5.32 Å². The van der Waals surface area contributed by atoms with Crippen LogP contribution in [0, 0.1) is 13.8 Å². The fourth-order valence-corrected chi connectivity index (χ4v) is 2.02. The van der Waals surface area contributed by atoms with Crippen molar-refractivity contribution in [1.29, 1.82) is 0 Å². The van der Waals surface area contributed by atoms with E-state index >= 15 is 0 Å². The van der Waals surface area contributed by atoms with Crippen LogP contribution in [0.2, 0.25) is 0 Å². The summed E-state index contributed by atoms with van der Waals surface area (Å²) < 4.78 is 5.20. The van der Waals surface area contributed by atoms with E-state index in [-0.39, 0.29) is 5.91 Å². The molecule has 114 valence electrons. The second-order valence-electron chi connectivity index (χ2n) is 5.28. The predicted molar refractivity (Wildman–Crippen MR) is 85.9 cm³/mol. The van der Waals surface area contributed by atoms with Crippen LogP contribution in [-0.2, 0) is 9.53 Å². The number of anilines is 1. The van der Waals surface area contributed by atoms with E-state index in [0.29, 0.717) is 11.3 Å². The Labute approximate surface area is 130 Å². The van der Waals surface area contributed by atoms with Gasteiger partial charge in [-0.05, 0) is 50.6 Å². The molecule has 0 aliphatic carbocycles. The fourth-order valence-electron chi connectivity index (χ4n) is 2.02. The predicted octanol–water partition coefficient (Wildman–Crippen LogP) is 3.49. The molecule has 0 aliphatic rings. The lowest BCUT2D eigenvalue weighted by atomic mass is 10.1. The third-order valence-corrected chi connectivity index (χ3v) is 3.19. The Morgan fingerprint density at radius 2 is 1.64 bits per heavy atom. The number of ether oxygens (including phenoxy) is 1. The summed E-state index contributed by atoms with van der Waals surface area (Å²) in [5.74, 6) is -0.859. The molecular formula is C18H19NO3. The van der Waals surface area contributed by atoms with Gasteiger partial charge < -0.3 is 10.1 Å². The zero-order chi connectivity index (χ0) is 16.1. The number of aryl methyl sites for hydroxylation is 2. The highest BCUT2D eigenvalue weighted by atomic mass is 16.5. The highest BCUT2D eigenvalue weighted by molar-refractivity contribution is 5.97. The Morgan fingerprint density at radius 1 is 1.00 bits per heavy atom. The minimum atomic E-state index is -0.867. The van der Waals surface area contributed by atoms with Gasteiger partial charge in [0.2, 0.25) is 0 Å². The number of nitrogens with one attached hydrogen (secondary N) is 1. The summed E-state index contributed by atoms with van der Waals surface area (Å²) in [6, 6.07) is 14.5. The zero-order valence-electron chi connectivity index (χ0n) is 12.9. The van der Waals surface area contributed by atoms with Crippen molar-refractivity contribution in [3.05, 3.63) is 65.2 Å². The molecule has 0 radical (unpaired) electrons. The smallest absolute Gasteiger partial charge is 0.338 e. The summed E-state index contributed by atoms with van der Waals surface area (Å²) in [5, 5.41) is 2.73. The van der Waals surface area contributed by atoms with Crippen molar-refractivity contribution in [2.45, 2.75) is 26.9 Å². The van der Waals surface area contributed by atoms with E-state index in [9.17, 15) is 9.59 Å². The third kappa shape index (κ3) is 4.19. The van der Waals surface area contributed by atoms with Crippen LogP contribution in [0.15, 0.2) is 48.5 Å². The minimum Gasteiger partial charge on any atom is -0.449 e. The van der Waals surface area contributed by atoms with Gasteiger partial charge in [0.1, 0.15) is 0 Å². The van der Waals surface area contributed by atoms with E-state index in [1.165, 1.54) is 0 Å². The Morgan fingerprint density at radius 3 is 2.27 bits per heavy atom. The van der Waals surface area contributed by atoms with E-state index in [2.05, 4.69) is 5.32 Å². The quantitative estimate of drug-likeness (QED) is 0.879. The van der Waals surface area contributed by atoms with Gasteiger partial charge in [0.05, 0.1) is 5.56 Å². The molecule has 2 rings (SSSR count). The van der Waals surface area contributed by atoms with Crippen LogP contribution in [0.3, 0.4) is 0 Å². The third-order valence-electron chi connectivity index (χ3n) is 3.19. The Hall–Kier alpha value is -2.62. The van der Waals surface area contributed by atoms with Crippen LogP contribution in [0.1, 0.15) is 28.4 Å². The Kier molecular flexibility index (Phi) is 4.94. The number of hydrogen-bond acceptors (Lipinski definition) is 3. The Balaban J connectivity index is 1.98. The van der Waals surface area contributed by atoms with Crippen molar-refractivity contribution < 1.29 is 14.3 Å². The molecule has 0 unspecified atom stereocenters. The molecule has 0 saturated heterocycles. The van der Waals surface area contributed by atoms with Crippen LogP contribution in [0.5, 0.6) is 0 Å². The topological polar surface area (TPSA) is 55.4 Å². The van der Waals surface area contributed by atoms with E-state index in [1.54, 1.807) is 31.2 Å². The minimum absolute atomic E-state index is 0.355. The van der Waals surface area contributed by atoms with Crippen LogP contribution >= 0.6 is 0 Å². The van der Waals surface area contributed by atoms with Crippen LogP contribution in [0.25, 0.3) is 0 Å². The maximum Gasteiger partial charge on any atom is 0.338 e. The first-order chi connectivity index (χ1) is 10.5. The van der Waals surface area contributed by atoms with Gasteiger partial charge in [-0.15, -0.1) is 0 Å². The second-order valence-corrected chi connectivity index (χ2v) is 5.28. The highest BCUT2D eigenvalue weighted by Crippen LogP contribution is 2.12. The van der Waals surface area contributed by atoms with Gasteiger partial charge in [-0.2, -0.15) is 0 Å². The molecule has 0 spiro atoms. The van der Waals surface area contributed by atoms with Crippen molar-refractivity contribution in [3.63, 3.8) is 0 Å². The molecule has 1 atom stereocenters. The summed E-state index contributed by atoms with van der Waals surface area (Å²) in [6.07, 6.45) is -0.867. The van der Waals surface area contributed by atoms with Crippen LogP contribution in [-0.4, -0.2) is 18.0 Å². The van der Waals surface area contributed by atoms with Gasteiger partial charge >= 0.3 is 5.97 Å². The summed E-state index contributed by atoms with van der Waals surface area (Å²) in [4.78, 5) is 24.1. The van der Waals surface area contributed by atoms with Crippen molar-refractivity contribution in [3.8, 4) is 0 Å². The van der Waals surface area contributed by atoms with Crippen LogP contribution < -0.4 is 5.32 Å². The van der Waals surface area contributed by atoms with Gasteiger partial charge in [-0.1, -0.05) is 29.8 Å². The molecule has 4 nitrogen and oxygen atoms in total. The van der Waals surface area contributed by atoms with Gasteiger partial charge in [0, 0.05) is 5.69 Å². The number of benzene rings is 2. The average molecular weight is 297 g/mol.